The molecule has 1 heterocycles. The number of amides is 1. The first-order valence-corrected chi connectivity index (χ1v) is 5.96. The molecule has 17 heavy (non-hydrogen) atoms. The molecule has 94 valence electrons. The molecule has 1 aliphatic rings. The normalized spacial score (nSPS) is 16.5. The molecule has 0 aromatic heterocycles. The molecule has 1 saturated heterocycles. The van der Waals surface area contributed by atoms with Gasteiger partial charge in [0.15, 0.2) is 0 Å². The molecule has 5 heteroatoms. The van der Waals surface area contributed by atoms with Crippen molar-refractivity contribution >= 4 is 5.91 Å². The average Bonchev–Trinajstić information content (AvgIpc) is 2.37. The van der Waals surface area contributed by atoms with Crippen molar-refractivity contribution in [2.45, 2.75) is 6.42 Å². The van der Waals surface area contributed by atoms with E-state index in [0.717, 1.165) is 32.7 Å². The highest BCUT2D eigenvalue weighted by molar-refractivity contribution is 5.78. The smallest absolute Gasteiger partial charge is 0.236 e. The highest BCUT2D eigenvalue weighted by Gasteiger charge is 2.19. The number of carbonyl (C=O) groups is 1. The maximum Gasteiger partial charge on any atom is 0.236 e. The van der Waals surface area contributed by atoms with Gasteiger partial charge < -0.3 is 10.2 Å². The van der Waals surface area contributed by atoms with Crippen molar-refractivity contribution < 1.29 is 4.79 Å². The van der Waals surface area contributed by atoms with E-state index >= 15 is 0 Å². The molecule has 0 aliphatic carbocycles. The van der Waals surface area contributed by atoms with Gasteiger partial charge in [-0.1, -0.05) is 6.08 Å². The molecule has 0 aromatic carbocycles. The van der Waals surface area contributed by atoms with Crippen LogP contribution in [-0.4, -0.2) is 61.5 Å². The zero-order valence-corrected chi connectivity index (χ0v) is 10.2. The van der Waals surface area contributed by atoms with Crippen LogP contribution in [-0.2, 0) is 4.79 Å². The second-order valence-corrected chi connectivity index (χ2v) is 4.05. The van der Waals surface area contributed by atoms with Gasteiger partial charge in [0.2, 0.25) is 5.91 Å². The first kappa shape index (κ1) is 13.7. The van der Waals surface area contributed by atoms with Crippen molar-refractivity contribution in [3.05, 3.63) is 12.7 Å². The molecular weight excluding hydrogens is 216 g/mol. The summed E-state index contributed by atoms with van der Waals surface area (Å²) in [6.45, 7) is 8.71. The lowest BCUT2D eigenvalue weighted by Crippen LogP contribution is -2.50. The molecule has 0 atom stereocenters. The lowest BCUT2D eigenvalue weighted by Gasteiger charge is -2.34. The van der Waals surface area contributed by atoms with E-state index in [1.54, 1.807) is 6.08 Å². The Morgan fingerprint density at radius 3 is 2.71 bits per heavy atom. The van der Waals surface area contributed by atoms with Gasteiger partial charge in [0.05, 0.1) is 12.6 Å². The van der Waals surface area contributed by atoms with E-state index in [1.165, 1.54) is 0 Å². The largest absolute Gasteiger partial charge is 0.339 e. The van der Waals surface area contributed by atoms with Crippen LogP contribution in [0.25, 0.3) is 0 Å². The van der Waals surface area contributed by atoms with Crippen LogP contribution in [0.15, 0.2) is 12.7 Å². The Morgan fingerprint density at radius 2 is 2.12 bits per heavy atom. The van der Waals surface area contributed by atoms with Gasteiger partial charge in [0.1, 0.15) is 0 Å². The molecule has 5 nitrogen and oxygen atoms in total. The van der Waals surface area contributed by atoms with Crippen LogP contribution < -0.4 is 5.32 Å². The third kappa shape index (κ3) is 4.98. The molecule has 1 fully saturated rings. The Kier molecular flexibility index (Phi) is 6.30. The molecule has 0 unspecified atom stereocenters. The summed E-state index contributed by atoms with van der Waals surface area (Å²) in [4.78, 5) is 15.9. The maximum absolute atomic E-state index is 11.8. The van der Waals surface area contributed by atoms with Crippen molar-refractivity contribution in [1.29, 1.82) is 5.26 Å². The van der Waals surface area contributed by atoms with E-state index in [4.69, 9.17) is 5.26 Å². The highest BCUT2D eigenvalue weighted by Crippen LogP contribution is 2.02. The fourth-order valence-corrected chi connectivity index (χ4v) is 1.82. The van der Waals surface area contributed by atoms with Crippen molar-refractivity contribution in [2.75, 3.05) is 45.8 Å². The van der Waals surface area contributed by atoms with Gasteiger partial charge in [-0.3, -0.25) is 9.69 Å². The third-order valence-corrected chi connectivity index (χ3v) is 2.83. The number of nitrogens with one attached hydrogen (secondary N) is 1. The first-order valence-electron chi connectivity index (χ1n) is 5.96. The summed E-state index contributed by atoms with van der Waals surface area (Å²) in [5.74, 6) is 0.145. The lowest BCUT2D eigenvalue weighted by molar-refractivity contribution is -0.131. The molecule has 0 bridgehead atoms. The van der Waals surface area contributed by atoms with Crippen LogP contribution in [0.3, 0.4) is 0 Å². The number of carbonyl (C=O) groups excluding carboxylic acids is 1. The Bertz CT molecular complexity index is 289. The Labute approximate surface area is 103 Å². The molecule has 0 radical (unpaired) electrons. The summed E-state index contributed by atoms with van der Waals surface area (Å²) >= 11 is 0. The van der Waals surface area contributed by atoms with E-state index in [2.05, 4.69) is 22.9 Å². The minimum absolute atomic E-state index is 0.145. The molecule has 1 aliphatic heterocycles. The third-order valence-electron chi connectivity index (χ3n) is 2.83. The summed E-state index contributed by atoms with van der Waals surface area (Å²) in [7, 11) is 0. The molecule has 0 spiro atoms. The summed E-state index contributed by atoms with van der Waals surface area (Å²) in [6, 6.07) is 2.14. The van der Waals surface area contributed by atoms with Crippen LogP contribution in [0, 0.1) is 11.3 Å². The number of rotatable bonds is 6. The van der Waals surface area contributed by atoms with Crippen LogP contribution in [0.5, 0.6) is 0 Å². The van der Waals surface area contributed by atoms with Gasteiger partial charge in [-0.2, -0.15) is 5.26 Å². The number of hydrogen-bond donors (Lipinski definition) is 1. The topological polar surface area (TPSA) is 59.4 Å². The first-order chi connectivity index (χ1) is 8.27. The Balaban J connectivity index is 2.19. The van der Waals surface area contributed by atoms with Gasteiger partial charge >= 0.3 is 0 Å². The van der Waals surface area contributed by atoms with Crippen molar-refractivity contribution in [1.82, 2.24) is 15.1 Å². The molecule has 1 N–H and O–H groups in total. The zero-order chi connectivity index (χ0) is 12.5. The zero-order valence-electron chi connectivity index (χ0n) is 10.2. The van der Waals surface area contributed by atoms with Gasteiger partial charge in [-0.25, -0.2) is 0 Å². The quantitative estimate of drug-likeness (QED) is 0.513. The summed E-state index contributed by atoms with van der Waals surface area (Å²) in [5, 5.41) is 11.5. The summed E-state index contributed by atoms with van der Waals surface area (Å²) < 4.78 is 0. The second kappa shape index (κ2) is 7.82. The standard InChI is InChI=1S/C12H20N4O/c1-2-5-14-11-12(17)16-9-7-15(8-10-16)6-3-4-13/h2,14H,1,3,5-11H2. The predicted molar refractivity (Wildman–Crippen MR) is 66.3 cm³/mol. The highest BCUT2D eigenvalue weighted by atomic mass is 16.2. The Hall–Kier alpha value is -1.38. The van der Waals surface area contributed by atoms with E-state index in [9.17, 15) is 4.79 Å². The van der Waals surface area contributed by atoms with E-state index in [-0.39, 0.29) is 5.91 Å². The molecular formula is C12H20N4O. The molecule has 0 saturated carbocycles. The van der Waals surface area contributed by atoms with Gasteiger partial charge in [0.25, 0.3) is 0 Å². The number of hydrogen-bond acceptors (Lipinski definition) is 4. The minimum atomic E-state index is 0.145. The van der Waals surface area contributed by atoms with Gasteiger partial charge in [0, 0.05) is 45.7 Å². The second-order valence-electron chi connectivity index (χ2n) is 4.05. The maximum atomic E-state index is 11.8. The molecule has 0 aromatic rings. The summed E-state index contributed by atoms with van der Waals surface area (Å²) in [5.41, 5.74) is 0. The number of piperazine rings is 1. The van der Waals surface area contributed by atoms with E-state index in [1.807, 2.05) is 4.90 Å². The molecule has 1 amide bonds. The summed E-state index contributed by atoms with van der Waals surface area (Å²) in [6.07, 6.45) is 2.31. The van der Waals surface area contributed by atoms with Gasteiger partial charge in [-0.15, -0.1) is 6.58 Å². The van der Waals surface area contributed by atoms with Crippen LogP contribution in [0.2, 0.25) is 0 Å². The van der Waals surface area contributed by atoms with Crippen LogP contribution >= 0.6 is 0 Å². The fraction of sp³-hybridized carbons (Fsp3) is 0.667. The lowest BCUT2D eigenvalue weighted by atomic mass is 10.3. The SMILES string of the molecule is C=CCNCC(=O)N1CCN(CCC#N)CC1. The monoisotopic (exact) mass is 236 g/mol. The van der Waals surface area contributed by atoms with Crippen LogP contribution in [0.1, 0.15) is 6.42 Å². The van der Waals surface area contributed by atoms with Crippen molar-refractivity contribution in [2.24, 2.45) is 0 Å². The van der Waals surface area contributed by atoms with Gasteiger partial charge in [-0.05, 0) is 0 Å². The van der Waals surface area contributed by atoms with Crippen molar-refractivity contribution in [3.8, 4) is 6.07 Å². The minimum Gasteiger partial charge on any atom is -0.339 e. The van der Waals surface area contributed by atoms with Crippen molar-refractivity contribution in [3.63, 3.8) is 0 Å². The van der Waals surface area contributed by atoms with E-state index < -0.39 is 0 Å². The predicted octanol–water partition coefficient (Wildman–Crippen LogP) is -0.180. The van der Waals surface area contributed by atoms with E-state index in [0.29, 0.717) is 19.5 Å². The molecule has 1 rings (SSSR count). The number of nitrogens with zero attached hydrogens (tertiary/aromatic N) is 3. The average molecular weight is 236 g/mol. The Morgan fingerprint density at radius 1 is 1.41 bits per heavy atom. The fourth-order valence-electron chi connectivity index (χ4n) is 1.82. The van der Waals surface area contributed by atoms with Crippen LogP contribution in [0.4, 0.5) is 0 Å². The number of nitriles is 1.